The van der Waals surface area contributed by atoms with Gasteiger partial charge in [0.25, 0.3) is 0 Å². The lowest BCUT2D eigenvalue weighted by molar-refractivity contribution is -0.100. The number of nitrogens with one attached hydrogen (secondary N) is 1. The molecule has 0 unspecified atom stereocenters. The van der Waals surface area contributed by atoms with Crippen LogP contribution in [0.15, 0.2) is 24.3 Å². The number of fused-ring (bicyclic) bond motifs is 1. The smallest absolute Gasteiger partial charge is 0.482 e. The van der Waals surface area contributed by atoms with Gasteiger partial charge in [0.15, 0.2) is 11.6 Å². The zero-order chi connectivity index (χ0) is 13.5. The molecule has 0 fully saturated rings. The van der Waals surface area contributed by atoms with Gasteiger partial charge in [-0.2, -0.15) is 13.2 Å². The third-order valence-corrected chi connectivity index (χ3v) is 2.28. The highest BCUT2D eigenvalue weighted by Gasteiger charge is 2.29. The maximum atomic E-state index is 13.5. The Bertz CT molecular complexity index is 608. The molecule has 0 spiro atoms. The molecule has 0 aliphatic heterocycles. The molecule has 0 amide bonds. The Hall–Kier alpha value is -2.05. The number of phenolic OH excluding ortho intramolecular Hbond substituents is 1. The van der Waals surface area contributed by atoms with Crippen LogP contribution in [0.1, 0.15) is 0 Å². The lowest BCUT2D eigenvalue weighted by atomic mass is 10.1. The standard InChI is InChI=1S/C11H6F5NO/c12-9-7-4-6(18)2-1-5(7)3-8(10(9)13)17-11(14,15)16/h1-4,17-18H. The number of anilines is 1. The van der Waals surface area contributed by atoms with E-state index in [9.17, 15) is 22.0 Å². The highest BCUT2D eigenvalue weighted by atomic mass is 19.4. The number of rotatable bonds is 1. The monoisotopic (exact) mass is 263 g/mol. The fourth-order valence-corrected chi connectivity index (χ4v) is 1.56. The van der Waals surface area contributed by atoms with E-state index in [1.165, 1.54) is 6.07 Å². The van der Waals surface area contributed by atoms with Crippen LogP contribution in [-0.4, -0.2) is 11.4 Å². The van der Waals surface area contributed by atoms with Crippen LogP contribution in [0.25, 0.3) is 10.8 Å². The number of alkyl halides is 3. The summed E-state index contributed by atoms with van der Waals surface area (Å²) < 4.78 is 63.1. The topological polar surface area (TPSA) is 32.3 Å². The molecule has 2 nitrogen and oxygen atoms in total. The molecule has 96 valence electrons. The summed E-state index contributed by atoms with van der Waals surface area (Å²) in [5.41, 5.74) is -1.00. The average molecular weight is 263 g/mol. The molecule has 18 heavy (non-hydrogen) atoms. The molecular formula is C11H6F5NO. The van der Waals surface area contributed by atoms with Crippen molar-refractivity contribution in [3.05, 3.63) is 35.9 Å². The van der Waals surface area contributed by atoms with E-state index in [4.69, 9.17) is 5.11 Å². The van der Waals surface area contributed by atoms with Crippen molar-refractivity contribution in [3.8, 4) is 5.75 Å². The maximum absolute atomic E-state index is 13.5. The number of phenols is 1. The summed E-state index contributed by atoms with van der Waals surface area (Å²) >= 11 is 0. The second-order valence-electron chi connectivity index (χ2n) is 3.58. The molecule has 0 heterocycles. The van der Waals surface area contributed by atoms with Crippen LogP contribution in [-0.2, 0) is 0 Å². The summed E-state index contributed by atoms with van der Waals surface area (Å²) in [6.45, 7) is 0. The Morgan fingerprint density at radius 2 is 1.67 bits per heavy atom. The van der Waals surface area contributed by atoms with E-state index in [1.54, 1.807) is 0 Å². The molecule has 0 saturated heterocycles. The van der Waals surface area contributed by atoms with Crippen LogP contribution in [0.4, 0.5) is 27.6 Å². The minimum Gasteiger partial charge on any atom is -0.508 e. The average Bonchev–Trinajstić information content (AvgIpc) is 2.25. The first kappa shape index (κ1) is 12.4. The van der Waals surface area contributed by atoms with Gasteiger partial charge >= 0.3 is 6.30 Å². The first-order chi connectivity index (χ1) is 8.28. The van der Waals surface area contributed by atoms with Gasteiger partial charge in [0.1, 0.15) is 5.75 Å². The summed E-state index contributed by atoms with van der Waals surface area (Å²) in [7, 11) is 0. The van der Waals surface area contributed by atoms with E-state index in [1.807, 2.05) is 0 Å². The number of aromatic hydroxyl groups is 1. The molecule has 0 saturated carbocycles. The molecule has 0 bridgehead atoms. The summed E-state index contributed by atoms with van der Waals surface area (Å²) in [6.07, 6.45) is -4.86. The molecule has 0 atom stereocenters. The minimum absolute atomic E-state index is 0.0402. The fourth-order valence-electron chi connectivity index (χ4n) is 1.56. The van der Waals surface area contributed by atoms with E-state index in [-0.39, 0.29) is 16.5 Å². The van der Waals surface area contributed by atoms with Gasteiger partial charge in [-0.15, -0.1) is 0 Å². The highest BCUT2D eigenvalue weighted by molar-refractivity contribution is 5.87. The third kappa shape index (κ3) is 2.29. The molecular weight excluding hydrogens is 257 g/mol. The SMILES string of the molecule is Oc1ccc2cc(NC(F)(F)F)c(F)c(F)c2c1. The van der Waals surface area contributed by atoms with Gasteiger partial charge in [-0.05, 0) is 23.6 Å². The summed E-state index contributed by atoms with van der Waals surface area (Å²) in [5.74, 6) is -3.40. The maximum Gasteiger partial charge on any atom is 0.482 e. The van der Waals surface area contributed by atoms with Crippen molar-refractivity contribution < 1.29 is 27.1 Å². The van der Waals surface area contributed by atoms with Crippen LogP contribution < -0.4 is 5.32 Å². The van der Waals surface area contributed by atoms with Gasteiger partial charge in [0.2, 0.25) is 0 Å². The Balaban J connectivity index is 2.64. The lowest BCUT2D eigenvalue weighted by Gasteiger charge is -2.12. The van der Waals surface area contributed by atoms with Gasteiger partial charge in [-0.1, -0.05) is 6.07 Å². The largest absolute Gasteiger partial charge is 0.508 e. The predicted molar refractivity (Wildman–Crippen MR) is 55.2 cm³/mol. The van der Waals surface area contributed by atoms with Crippen molar-refractivity contribution in [2.24, 2.45) is 0 Å². The molecule has 0 aliphatic carbocycles. The van der Waals surface area contributed by atoms with Crippen molar-refractivity contribution in [1.29, 1.82) is 0 Å². The predicted octanol–water partition coefficient (Wildman–Crippen LogP) is 3.76. The van der Waals surface area contributed by atoms with Crippen molar-refractivity contribution in [3.63, 3.8) is 0 Å². The minimum atomic E-state index is -4.86. The Morgan fingerprint density at radius 3 is 2.28 bits per heavy atom. The summed E-state index contributed by atoms with van der Waals surface area (Å²) in [4.78, 5) is 0. The number of hydrogen-bond acceptors (Lipinski definition) is 2. The van der Waals surface area contributed by atoms with Crippen LogP contribution in [0, 0.1) is 11.6 Å². The molecule has 2 aromatic carbocycles. The van der Waals surface area contributed by atoms with Gasteiger partial charge in [-0.3, -0.25) is 5.32 Å². The van der Waals surface area contributed by atoms with Crippen molar-refractivity contribution in [2.75, 3.05) is 5.32 Å². The Morgan fingerprint density at radius 1 is 1.00 bits per heavy atom. The number of hydrogen-bond donors (Lipinski definition) is 2. The van der Waals surface area contributed by atoms with Crippen molar-refractivity contribution in [2.45, 2.75) is 6.30 Å². The number of halogens is 5. The van der Waals surface area contributed by atoms with Crippen molar-refractivity contribution in [1.82, 2.24) is 0 Å². The van der Waals surface area contributed by atoms with Gasteiger partial charge < -0.3 is 5.11 Å². The van der Waals surface area contributed by atoms with Crippen LogP contribution in [0.2, 0.25) is 0 Å². The first-order valence-electron chi connectivity index (χ1n) is 4.73. The van der Waals surface area contributed by atoms with E-state index < -0.39 is 23.6 Å². The summed E-state index contributed by atoms with van der Waals surface area (Å²) in [6, 6.07) is 4.11. The molecule has 7 heteroatoms. The van der Waals surface area contributed by atoms with E-state index in [0.717, 1.165) is 23.5 Å². The zero-order valence-corrected chi connectivity index (χ0v) is 8.65. The number of benzene rings is 2. The quantitative estimate of drug-likeness (QED) is 0.606. The summed E-state index contributed by atoms with van der Waals surface area (Å²) in [5, 5.41) is 9.78. The Labute approximate surface area is 97.6 Å². The highest BCUT2D eigenvalue weighted by Crippen LogP contribution is 2.31. The second kappa shape index (κ2) is 4.01. The van der Waals surface area contributed by atoms with E-state index >= 15 is 0 Å². The van der Waals surface area contributed by atoms with Crippen LogP contribution in [0.3, 0.4) is 0 Å². The van der Waals surface area contributed by atoms with Crippen LogP contribution in [0.5, 0.6) is 5.75 Å². The molecule has 0 aliphatic rings. The third-order valence-electron chi connectivity index (χ3n) is 2.28. The second-order valence-corrected chi connectivity index (χ2v) is 3.58. The molecule has 0 aromatic heterocycles. The van der Waals surface area contributed by atoms with Gasteiger partial charge in [0.05, 0.1) is 5.69 Å². The van der Waals surface area contributed by atoms with Crippen molar-refractivity contribution >= 4 is 16.5 Å². The lowest BCUT2D eigenvalue weighted by Crippen LogP contribution is -2.21. The zero-order valence-electron chi connectivity index (χ0n) is 8.65. The molecule has 0 radical (unpaired) electrons. The van der Waals surface area contributed by atoms with Gasteiger partial charge in [0, 0.05) is 5.39 Å². The molecule has 2 N–H and O–H groups in total. The fraction of sp³-hybridized carbons (Fsp3) is 0.0909. The van der Waals surface area contributed by atoms with Gasteiger partial charge in [-0.25, -0.2) is 8.78 Å². The first-order valence-corrected chi connectivity index (χ1v) is 4.73. The normalized spacial score (nSPS) is 11.8. The Kier molecular flexibility index (Phi) is 2.76. The van der Waals surface area contributed by atoms with E-state index in [0.29, 0.717) is 0 Å². The van der Waals surface area contributed by atoms with E-state index in [2.05, 4.69) is 0 Å². The van der Waals surface area contributed by atoms with Crippen LogP contribution >= 0.6 is 0 Å². The molecule has 2 rings (SSSR count). The molecule has 2 aromatic rings.